The molecule has 182 valence electrons. The number of amides is 1. The molecule has 4 aromatic rings. The Hall–Kier alpha value is -3.15. The maximum Gasteiger partial charge on any atom is 0.275 e. The molecule has 0 atom stereocenters. The number of pyridine rings is 1. The average Bonchev–Trinajstić information content (AvgIpc) is 3.51. The number of ether oxygens (including phenoxy) is 1. The summed E-state index contributed by atoms with van der Waals surface area (Å²) in [6.45, 7) is 5.00. The van der Waals surface area contributed by atoms with Crippen LogP contribution in [0.1, 0.15) is 50.0 Å². The van der Waals surface area contributed by atoms with Crippen LogP contribution in [0.5, 0.6) is 0 Å². The number of hydrogen-bond donors (Lipinski definition) is 3. The third-order valence-corrected chi connectivity index (χ3v) is 7.69. The smallest absolute Gasteiger partial charge is 0.275 e. The molecule has 1 saturated carbocycles. The second-order valence-corrected chi connectivity index (χ2v) is 10.5. The maximum atomic E-state index is 12.5. The van der Waals surface area contributed by atoms with E-state index in [0.717, 1.165) is 48.3 Å². The van der Waals surface area contributed by atoms with Crippen molar-refractivity contribution >= 4 is 61.4 Å². The summed E-state index contributed by atoms with van der Waals surface area (Å²) in [5, 5.41) is 12.4. The van der Waals surface area contributed by atoms with Gasteiger partial charge in [0.1, 0.15) is 16.5 Å². The number of carbonyl (C=O) groups excluding carboxylic acids is 1. The molecule has 1 aliphatic rings. The first-order valence-corrected chi connectivity index (χ1v) is 13.3. The second-order valence-electron chi connectivity index (χ2n) is 8.73. The monoisotopic (exact) mass is 509 g/mol. The molecule has 0 spiro atoms. The minimum atomic E-state index is -0.296. The van der Waals surface area contributed by atoms with Gasteiger partial charge in [-0.2, -0.15) is 9.36 Å². The Labute approximate surface area is 211 Å². The van der Waals surface area contributed by atoms with Crippen molar-refractivity contribution in [1.82, 2.24) is 19.3 Å². The molecule has 0 radical (unpaired) electrons. The summed E-state index contributed by atoms with van der Waals surface area (Å²) < 4.78 is 11.3. The van der Waals surface area contributed by atoms with E-state index in [0.29, 0.717) is 28.4 Å². The van der Waals surface area contributed by atoms with Gasteiger partial charge in [-0.25, -0.2) is 4.98 Å². The number of nitrogens with zero attached hydrogens (tertiary/aromatic N) is 4. The van der Waals surface area contributed by atoms with E-state index in [1.807, 2.05) is 11.4 Å². The van der Waals surface area contributed by atoms with Crippen LogP contribution in [-0.4, -0.2) is 43.5 Å². The van der Waals surface area contributed by atoms with E-state index in [-0.39, 0.29) is 11.5 Å². The number of anilines is 4. The minimum Gasteiger partial charge on any atom is -0.376 e. The van der Waals surface area contributed by atoms with Gasteiger partial charge in [0.05, 0.1) is 27.7 Å². The number of fused-ring (bicyclic) bond motifs is 1. The SMILES string of the molecule is CCO[C@]1(C)CC[C@@H](Nc2nc(Nc3cc(C(=O)Nc4cccnc4)ns3)nc3ccsc23)CC1. The lowest BCUT2D eigenvalue weighted by molar-refractivity contribution is -0.0517. The normalized spacial score (nSPS) is 20.0. The molecular formula is C24H27N7O2S2. The molecule has 0 unspecified atom stereocenters. The third kappa shape index (κ3) is 5.58. The fraction of sp³-hybridized carbons (Fsp3) is 0.375. The van der Waals surface area contributed by atoms with Crippen molar-refractivity contribution < 1.29 is 9.53 Å². The zero-order valence-electron chi connectivity index (χ0n) is 19.6. The van der Waals surface area contributed by atoms with Gasteiger partial charge in [-0.15, -0.1) is 11.3 Å². The van der Waals surface area contributed by atoms with Crippen LogP contribution in [0.3, 0.4) is 0 Å². The summed E-state index contributed by atoms with van der Waals surface area (Å²) in [5.41, 5.74) is 1.78. The maximum absolute atomic E-state index is 12.5. The Morgan fingerprint density at radius 1 is 1.26 bits per heavy atom. The lowest BCUT2D eigenvalue weighted by Crippen LogP contribution is -2.38. The lowest BCUT2D eigenvalue weighted by Gasteiger charge is -2.37. The fourth-order valence-corrected chi connectivity index (χ4v) is 5.68. The molecule has 1 amide bonds. The highest BCUT2D eigenvalue weighted by Gasteiger charge is 2.32. The van der Waals surface area contributed by atoms with Crippen molar-refractivity contribution in [3.05, 3.63) is 47.7 Å². The molecule has 0 aromatic carbocycles. The predicted octanol–water partition coefficient (Wildman–Crippen LogP) is 5.69. The quantitative estimate of drug-likeness (QED) is 0.278. The first kappa shape index (κ1) is 23.6. The molecule has 0 saturated heterocycles. The van der Waals surface area contributed by atoms with E-state index in [1.54, 1.807) is 41.9 Å². The number of nitrogens with one attached hydrogen (secondary N) is 3. The van der Waals surface area contributed by atoms with Gasteiger partial charge in [0.2, 0.25) is 5.95 Å². The summed E-state index contributed by atoms with van der Waals surface area (Å²) in [4.78, 5) is 25.9. The number of hydrogen-bond acceptors (Lipinski definition) is 10. The summed E-state index contributed by atoms with van der Waals surface area (Å²) in [6.07, 6.45) is 7.34. The van der Waals surface area contributed by atoms with Gasteiger partial charge in [-0.3, -0.25) is 9.78 Å². The van der Waals surface area contributed by atoms with Crippen LogP contribution >= 0.6 is 22.9 Å². The van der Waals surface area contributed by atoms with Crippen LogP contribution in [0, 0.1) is 0 Å². The van der Waals surface area contributed by atoms with Gasteiger partial charge < -0.3 is 20.7 Å². The standard InChI is InChI=1S/C24H27N7O2S2/c1-3-33-24(2)9-6-15(7-10-24)26-21-20-17(8-12-34-20)28-23(30-21)29-19-13-18(31-35-19)22(32)27-16-5-4-11-25-14-16/h4-5,8,11-15H,3,6-7,9-10H2,1-2H3,(H,27,32)(H2,26,28,29,30)/t15-,24-. The average molecular weight is 510 g/mol. The first-order chi connectivity index (χ1) is 17.0. The highest BCUT2D eigenvalue weighted by Crippen LogP contribution is 2.35. The van der Waals surface area contributed by atoms with E-state index >= 15 is 0 Å². The number of aromatic nitrogens is 4. The Morgan fingerprint density at radius 2 is 2.11 bits per heavy atom. The molecule has 1 fully saturated rings. The van der Waals surface area contributed by atoms with Crippen LogP contribution < -0.4 is 16.0 Å². The Kier molecular flexibility index (Phi) is 6.89. The topological polar surface area (TPSA) is 114 Å². The Bertz CT molecular complexity index is 1300. The first-order valence-electron chi connectivity index (χ1n) is 11.6. The van der Waals surface area contributed by atoms with Gasteiger partial charge in [-0.05, 0) is 74.6 Å². The van der Waals surface area contributed by atoms with E-state index in [1.165, 1.54) is 11.5 Å². The zero-order chi connectivity index (χ0) is 24.3. The van der Waals surface area contributed by atoms with E-state index < -0.39 is 0 Å². The van der Waals surface area contributed by atoms with Gasteiger partial charge in [0.25, 0.3) is 5.91 Å². The molecule has 5 rings (SSSR count). The largest absolute Gasteiger partial charge is 0.376 e. The summed E-state index contributed by atoms with van der Waals surface area (Å²) in [7, 11) is 0. The van der Waals surface area contributed by atoms with E-state index in [2.05, 4.69) is 44.1 Å². The molecule has 35 heavy (non-hydrogen) atoms. The Morgan fingerprint density at radius 3 is 2.89 bits per heavy atom. The van der Waals surface area contributed by atoms with Gasteiger partial charge in [-0.1, -0.05) is 0 Å². The van der Waals surface area contributed by atoms with Crippen molar-refractivity contribution in [2.24, 2.45) is 0 Å². The number of rotatable bonds is 8. The van der Waals surface area contributed by atoms with Crippen molar-refractivity contribution in [1.29, 1.82) is 0 Å². The third-order valence-electron chi connectivity index (χ3n) is 6.08. The summed E-state index contributed by atoms with van der Waals surface area (Å²) in [5.74, 6) is 1.00. The van der Waals surface area contributed by atoms with E-state index in [4.69, 9.17) is 9.72 Å². The predicted molar refractivity (Wildman–Crippen MR) is 141 cm³/mol. The highest BCUT2D eigenvalue weighted by molar-refractivity contribution is 7.17. The van der Waals surface area contributed by atoms with Crippen LogP contribution in [0.25, 0.3) is 10.2 Å². The lowest BCUT2D eigenvalue weighted by atomic mass is 9.83. The second kappa shape index (κ2) is 10.2. The van der Waals surface area contributed by atoms with Gasteiger partial charge in [0, 0.05) is 24.9 Å². The summed E-state index contributed by atoms with van der Waals surface area (Å²) in [6, 6.07) is 7.56. The molecule has 1 aliphatic carbocycles. The van der Waals surface area contributed by atoms with Gasteiger partial charge in [0.15, 0.2) is 0 Å². The van der Waals surface area contributed by atoms with Crippen molar-refractivity contribution in [2.45, 2.75) is 51.2 Å². The van der Waals surface area contributed by atoms with Crippen molar-refractivity contribution in [2.75, 3.05) is 22.6 Å². The van der Waals surface area contributed by atoms with Gasteiger partial charge >= 0.3 is 0 Å². The van der Waals surface area contributed by atoms with Crippen LogP contribution in [0.4, 0.5) is 22.5 Å². The van der Waals surface area contributed by atoms with Crippen LogP contribution in [0.15, 0.2) is 42.0 Å². The molecule has 9 nitrogen and oxygen atoms in total. The molecule has 0 aliphatic heterocycles. The molecule has 4 heterocycles. The highest BCUT2D eigenvalue weighted by atomic mass is 32.1. The van der Waals surface area contributed by atoms with Crippen molar-refractivity contribution in [3.63, 3.8) is 0 Å². The zero-order valence-corrected chi connectivity index (χ0v) is 21.2. The van der Waals surface area contributed by atoms with Crippen LogP contribution in [-0.2, 0) is 4.74 Å². The molecular weight excluding hydrogens is 482 g/mol. The van der Waals surface area contributed by atoms with Crippen LogP contribution in [0.2, 0.25) is 0 Å². The minimum absolute atomic E-state index is 0.0310. The molecule has 11 heteroatoms. The number of carbonyl (C=O) groups is 1. The molecule has 3 N–H and O–H groups in total. The summed E-state index contributed by atoms with van der Waals surface area (Å²) >= 11 is 2.81. The molecule has 4 aromatic heterocycles. The fourth-order valence-electron chi connectivity index (χ4n) is 4.26. The van der Waals surface area contributed by atoms with Crippen molar-refractivity contribution in [3.8, 4) is 0 Å². The number of thiophene rings is 1. The van der Waals surface area contributed by atoms with E-state index in [9.17, 15) is 4.79 Å². The molecule has 0 bridgehead atoms. The Balaban J connectivity index is 1.28.